The highest BCUT2D eigenvalue weighted by Gasteiger charge is 2.45. The Morgan fingerprint density at radius 3 is 2.26 bits per heavy atom. The number of ether oxygens (including phenoxy) is 1. The minimum atomic E-state index is -1.98. The van der Waals surface area contributed by atoms with Crippen LogP contribution in [0.3, 0.4) is 0 Å². The Morgan fingerprint density at radius 1 is 1.30 bits per heavy atom. The topological polar surface area (TPSA) is 52.6 Å². The minimum absolute atomic E-state index is 0.0827. The van der Waals surface area contributed by atoms with Crippen molar-refractivity contribution in [1.29, 1.82) is 0 Å². The summed E-state index contributed by atoms with van der Waals surface area (Å²) < 4.78 is 11.7. The van der Waals surface area contributed by atoms with E-state index in [1.165, 1.54) is 6.92 Å². The molecule has 0 bridgehead atoms. The monoisotopic (exact) mass is 340 g/mol. The van der Waals surface area contributed by atoms with Crippen molar-refractivity contribution in [3.8, 4) is 0 Å². The van der Waals surface area contributed by atoms with Crippen LogP contribution in [0.25, 0.3) is 0 Å². The first-order valence-corrected chi connectivity index (χ1v) is 11.2. The third kappa shape index (κ3) is 4.32. The molecular formula is C18H32O4Si. The molecule has 0 aromatic carbocycles. The largest absolute Gasteiger partial charge is 0.461 e. The number of carbonyl (C=O) groups excluding carboxylic acids is 2. The second-order valence-electron chi connectivity index (χ2n) is 8.56. The summed E-state index contributed by atoms with van der Waals surface area (Å²) in [7, 11) is -1.98. The molecule has 0 aromatic rings. The molecule has 0 radical (unpaired) electrons. The van der Waals surface area contributed by atoms with E-state index in [9.17, 15) is 9.59 Å². The fraction of sp³-hybridized carbons (Fsp3) is 0.778. The summed E-state index contributed by atoms with van der Waals surface area (Å²) in [6.07, 6.45) is 0.191. The lowest BCUT2D eigenvalue weighted by Crippen LogP contribution is -2.48. The third-order valence-electron chi connectivity index (χ3n) is 5.44. The Labute approximate surface area is 141 Å². The van der Waals surface area contributed by atoms with Crippen LogP contribution in [0.1, 0.15) is 54.9 Å². The van der Waals surface area contributed by atoms with Gasteiger partial charge in [0.05, 0.1) is 6.10 Å². The molecule has 132 valence electrons. The van der Waals surface area contributed by atoms with Gasteiger partial charge in [0.15, 0.2) is 8.32 Å². The first kappa shape index (κ1) is 20.1. The van der Waals surface area contributed by atoms with Gasteiger partial charge in [-0.3, -0.25) is 9.59 Å². The van der Waals surface area contributed by atoms with Crippen molar-refractivity contribution in [2.24, 2.45) is 5.41 Å². The minimum Gasteiger partial charge on any atom is -0.461 e. The molecule has 0 unspecified atom stereocenters. The quantitative estimate of drug-likeness (QED) is 0.436. The zero-order valence-electron chi connectivity index (χ0n) is 16.1. The summed E-state index contributed by atoms with van der Waals surface area (Å²) in [5.41, 5.74) is 1.32. The molecule has 0 N–H and O–H groups in total. The zero-order chi connectivity index (χ0) is 18.2. The van der Waals surface area contributed by atoms with Crippen LogP contribution >= 0.6 is 0 Å². The fourth-order valence-corrected chi connectivity index (χ4v) is 3.89. The highest BCUT2D eigenvalue weighted by atomic mass is 28.4. The Morgan fingerprint density at radius 2 is 1.83 bits per heavy atom. The highest BCUT2D eigenvalue weighted by Crippen LogP contribution is 2.43. The van der Waals surface area contributed by atoms with Gasteiger partial charge in [-0.2, -0.15) is 0 Å². The predicted molar refractivity (Wildman–Crippen MR) is 94.8 cm³/mol. The molecule has 1 rings (SSSR count). The molecule has 0 fully saturated rings. The lowest BCUT2D eigenvalue weighted by atomic mass is 9.71. The Balaban J connectivity index is 3.17. The summed E-state index contributed by atoms with van der Waals surface area (Å²) in [6.45, 7) is 18.3. The maximum Gasteiger partial charge on any atom is 0.302 e. The molecule has 1 aliphatic carbocycles. The molecule has 5 heteroatoms. The first-order valence-electron chi connectivity index (χ1n) is 8.24. The molecule has 0 aliphatic heterocycles. The molecule has 1 atom stereocenters. The predicted octanol–water partition coefficient (Wildman–Crippen LogP) is 4.26. The Hall–Kier alpha value is -0.943. The summed E-state index contributed by atoms with van der Waals surface area (Å²) in [4.78, 5) is 23.8. The van der Waals surface area contributed by atoms with Gasteiger partial charge in [0, 0.05) is 18.8 Å². The summed E-state index contributed by atoms with van der Waals surface area (Å²) in [5.74, 6) is -0.185. The van der Waals surface area contributed by atoms with Crippen molar-refractivity contribution >= 4 is 20.1 Å². The lowest BCUT2D eigenvalue weighted by Gasteiger charge is -2.43. The average molecular weight is 341 g/mol. The van der Waals surface area contributed by atoms with Crippen LogP contribution in [-0.2, 0) is 18.8 Å². The lowest BCUT2D eigenvalue weighted by molar-refractivity contribution is -0.141. The maximum absolute atomic E-state index is 12.6. The molecule has 0 saturated heterocycles. The molecule has 0 aromatic heterocycles. The maximum atomic E-state index is 12.6. The van der Waals surface area contributed by atoms with Crippen molar-refractivity contribution in [2.45, 2.75) is 79.1 Å². The first-order chi connectivity index (χ1) is 10.2. The van der Waals surface area contributed by atoms with Gasteiger partial charge in [-0.25, -0.2) is 0 Å². The van der Waals surface area contributed by atoms with E-state index >= 15 is 0 Å². The Bertz CT molecular complexity index is 524. The van der Waals surface area contributed by atoms with E-state index in [-0.39, 0.29) is 29.5 Å². The number of hydrogen-bond donors (Lipinski definition) is 0. The number of Topliss-reactive ketones (excluding diaryl/α,β-unsaturated/α-hetero) is 1. The van der Waals surface area contributed by atoms with E-state index in [2.05, 4.69) is 33.9 Å². The van der Waals surface area contributed by atoms with Crippen LogP contribution < -0.4 is 0 Å². The van der Waals surface area contributed by atoms with Gasteiger partial charge in [-0.1, -0.05) is 20.8 Å². The van der Waals surface area contributed by atoms with E-state index < -0.39 is 13.7 Å². The summed E-state index contributed by atoms with van der Waals surface area (Å²) >= 11 is 0. The molecule has 0 heterocycles. The molecule has 23 heavy (non-hydrogen) atoms. The molecule has 0 amide bonds. The van der Waals surface area contributed by atoms with Gasteiger partial charge in [0.25, 0.3) is 0 Å². The van der Waals surface area contributed by atoms with Gasteiger partial charge in [-0.05, 0) is 50.0 Å². The highest BCUT2D eigenvalue weighted by molar-refractivity contribution is 6.74. The van der Waals surface area contributed by atoms with E-state index in [4.69, 9.17) is 9.16 Å². The fourth-order valence-electron chi connectivity index (χ4n) is 2.56. The van der Waals surface area contributed by atoms with Crippen LogP contribution in [0.15, 0.2) is 11.1 Å². The average Bonchev–Trinajstić information content (AvgIpc) is 2.33. The van der Waals surface area contributed by atoms with E-state index in [0.29, 0.717) is 6.42 Å². The number of rotatable bonds is 4. The third-order valence-corrected chi connectivity index (χ3v) is 9.93. The van der Waals surface area contributed by atoms with Crippen LogP contribution in [0, 0.1) is 5.41 Å². The number of esters is 1. The molecular weight excluding hydrogens is 308 g/mol. The number of carbonyl (C=O) groups is 2. The van der Waals surface area contributed by atoms with E-state index in [1.54, 1.807) is 0 Å². The van der Waals surface area contributed by atoms with Gasteiger partial charge >= 0.3 is 5.97 Å². The van der Waals surface area contributed by atoms with Crippen LogP contribution in [0.5, 0.6) is 0 Å². The van der Waals surface area contributed by atoms with Crippen LogP contribution in [0.4, 0.5) is 0 Å². The Kier molecular flexibility index (Phi) is 5.69. The molecule has 1 aliphatic rings. The van der Waals surface area contributed by atoms with E-state index in [0.717, 1.165) is 11.1 Å². The van der Waals surface area contributed by atoms with Gasteiger partial charge in [0.1, 0.15) is 12.4 Å². The van der Waals surface area contributed by atoms with Gasteiger partial charge < -0.3 is 9.16 Å². The zero-order valence-corrected chi connectivity index (χ0v) is 17.1. The standard InChI is InChI=1S/C18H32O4Si/c1-12-14(11-21-13(2)19)18(6,7)16(20)10-15(12)22-23(8,9)17(3,4)5/h15H,10-11H2,1-9H3/t15-/m0/s1. The second-order valence-corrected chi connectivity index (χ2v) is 13.3. The summed E-state index contributed by atoms with van der Waals surface area (Å²) in [5, 5.41) is 0.0827. The smallest absolute Gasteiger partial charge is 0.302 e. The van der Waals surface area contributed by atoms with E-state index in [1.807, 2.05) is 20.8 Å². The molecule has 4 nitrogen and oxygen atoms in total. The van der Waals surface area contributed by atoms with Crippen molar-refractivity contribution in [1.82, 2.24) is 0 Å². The number of hydrogen-bond acceptors (Lipinski definition) is 4. The normalized spacial score (nSPS) is 22.3. The van der Waals surface area contributed by atoms with Crippen molar-refractivity contribution in [2.75, 3.05) is 6.61 Å². The van der Waals surface area contributed by atoms with Crippen molar-refractivity contribution in [3.63, 3.8) is 0 Å². The van der Waals surface area contributed by atoms with Crippen LogP contribution in [0.2, 0.25) is 18.1 Å². The molecule has 0 saturated carbocycles. The summed E-state index contributed by atoms with van der Waals surface area (Å²) in [6, 6.07) is 0. The number of ketones is 1. The molecule has 0 spiro atoms. The van der Waals surface area contributed by atoms with Gasteiger partial charge in [0.2, 0.25) is 0 Å². The van der Waals surface area contributed by atoms with Crippen molar-refractivity contribution < 1.29 is 18.8 Å². The SMILES string of the molecule is CC(=O)OCC1=C(C)[C@@H](O[Si](C)(C)C(C)(C)C)CC(=O)C1(C)C. The van der Waals surface area contributed by atoms with Crippen molar-refractivity contribution in [3.05, 3.63) is 11.1 Å². The van der Waals surface area contributed by atoms with Gasteiger partial charge in [-0.15, -0.1) is 0 Å². The second kappa shape index (κ2) is 6.52. The van der Waals surface area contributed by atoms with Crippen LogP contribution in [-0.4, -0.2) is 32.8 Å².